The van der Waals surface area contributed by atoms with E-state index >= 15 is 0 Å². The standard InChI is InChI=1S/C23H20N4O4.C7H8/c1-29-20-12-17-18(13-21(20)30-2)25-11-9-19(17)31-15-7-5-14(6-8-15)27-23-16(22(24)28)4-3-10-26-23;1-7-5-3-2-4-6-7/h3-13H,1-2H3,(H2,24,28)(H,26,27);2-6H,1H3. The molecular weight excluding hydrogens is 480 g/mol. The van der Waals surface area contributed by atoms with Crippen LogP contribution in [0, 0.1) is 6.92 Å². The van der Waals surface area contributed by atoms with E-state index in [4.69, 9.17) is 19.9 Å². The number of fused-ring (bicyclic) bond motifs is 1. The number of aryl methyl sites for hydroxylation is 1. The van der Waals surface area contributed by atoms with Gasteiger partial charge in [0.05, 0.1) is 25.3 Å². The lowest BCUT2D eigenvalue weighted by atomic mass is 10.2. The Bertz CT molecular complexity index is 1520. The number of hydrogen-bond donors (Lipinski definition) is 2. The number of carbonyl (C=O) groups excluding carboxylic acids is 1. The zero-order valence-electron chi connectivity index (χ0n) is 21.3. The number of rotatable bonds is 7. The number of methoxy groups -OCH3 is 2. The molecule has 0 fully saturated rings. The third-order valence-electron chi connectivity index (χ3n) is 5.57. The number of pyridine rings is 2. The number of benzene rings is 3. The Morgan fingerprint density at radius 1 is 0.789 bits per heavy atom. The molecule has 0 aliphatic heterocycles. The van der Waals surface area contributed by atoms with E-state index in [-0.39, 0.29) is 0 Å². The van der Waals surface area contributed by atoms with Gasteiger partial charge in [-0.15, -0.1) is 0 Å². The molecule has 2 aromatic heterocycles. The van der Waals surface area contributed by atoms with E-state index < -0.39 is 5.91 Å². The van der Waals surface area contributed by atoms with Crippen molar-refractivity contribution in [1.29, 1.82) is 0 Å². The summed E-state index contributed by atoms with van der Waals surface area (Å²) in [5.41, 5.74) is 8.50. The Kier molecular flexibility index (Phi) is 8.35. The number of nitrogens with one attached hydrogen (secondary N) is 1. The summed E-state index contributed by atoms with van der Waals surface area (Å²) in [4.78, 5) is 20.1. The predicted molar refractivity (Wildman–Crippen MR) is 149 cm³/mol. The van der Waals surface area contributed by atoms with E-state index in [2.05, 4.69) is 34.3 Å². The number of primary amides is 1. The maximum Gasteiger partial charge on any atom is 0.252 e. The first-order valence-corrected chi connectivity index (χ1v) is 11.8. The molecule has 3 aromatic carbocycles. The van der Waals surface area contributed by atoms with Crippen molar-refractivity contribution in [3.8, 4) is 23.0 Å². The van der Waals surface area contributed by atoms with Crippen molar-refractivity contribution in [3.05, 3.63) is 108 Å². The number of aromatic nitrogens is 2. The average Bonchev–Trinajstić information content (AvgIpc) is 2.94. The van der Waals surface area contributed by atoms with Gasteiger partial charge in [0.2, 0.25) is 0 Å². The minimum atomic E-state index is -0.549. The molecule has 2 heterocycles. The smallest absolute Gasteiger partial charge is 0.252 e. The average molecular weight is 509 g/mol. The molecule has 1 amide bonds. The van der Waals surface area contributed by atoms with Crippen molar-refractivity contribution < 1.29 is 19.0 Å². The normalized spacial score (nSPS) is 10.2. The Morgan fingerprint density at radius 3 is 2.13 bits per heavy atom. The maximum absolute atomic E-state index is 11.6. The minimum absolute atomic E-state index is 0.315. The molecule has 0 aliphatic carbocycles. The molecule has 192 valence electrons. The van der Waals surface area contributed by atoms with Crippen LogP contribution < -0.4 is 25.3 Å². The van der Waals surface area contributed by atoms with E-state index in [1.165, 1.54) is 5.56 Å². The second-order valence-corrected chi connectivity index (χ2v) is 8.20. The van der Waals surface area contributed by atoms with Crippen LogP contribution in [0.1, 0.15) is 15.9 Å². The third kappa shape index (κ3) is 6.36. The largest absolute Gasteiger partial charge is 0.493 e. The summed E-state index contributed by atoms with van der Waals surface area (Å²) in [6, 6.07) is 26.2. The van der Waals surface area contributed by atoms with Gasteiger partial charge < -0.3 is 25.3 Å². The number of nitrogens with zero attached hydrogens (tertiary/aromatic N) is 2. The minimum Gasteiger partial charge on any atom is -0.493 e. The SMILES string of the molecule is COc1cc2nccc(Oc3ccc(Nc4ncccc4C(N)=O)cc3)c2cc1OC.Cc1ccccc1. The summed E-state index contributed by atoms with van der Waals surface area (Å²) in [5.74, 6) is 2.29. The van der Waals surface area contributed by atoms with Crippen LogP contribution in [0.3, 0.4) is 0 Å². The second kappa shape index (κ2) is 12.2. The van der Waals surface area contributed by atoms with Crippen LogP contribution in [0.5, 0.6) is 23.0 Å². The lowest BCUT2D eigenvalue weighted by Crippen LogP contribution is -2.14. The first kappa shape index (κ1) is 26.0. The highest BCUT2D eigenvalue weighted by Gasteiger charge is 2.12. The number of hydrogen-bond acceptors (Lipinski definition) is 7. The number of anilines is 2. The molecule has 0 unspecified atom stereocenters. The van der Waals surface area contributed by atoms with E-state index in [1.54, 1.807) is 50.9 Å². The van der Waals surface area contributed by atoms with Gasteiger partial charge in [-0.25, -0.2) is 4.98 Å². The molecule has 38 heavy (non-hydrogen) atoms. The van der Waals surface area contributed by atoms with E-state index in [0.717, 1.165) is 16.6 Å². The summed E-state index contributed by atoms with van der Waals surface area (Å²) in [5, 5.41) is 3.89. The van der Waals surface area contributed by atoms with Gasteiger partial charge in [-0.1, -0.05) is 35.9 Å². The molecule has 0 spiro atoms. The number of nitrogens with two attached hydrogens (primary N) is 1. The predicted octanol–water partition coefficient (Wildman–Crippen LogP) is 6.28. The van der Waals surface area contributed by atoms with Crippen LogP contribution in [-0.4, -0.2) is 30.1 Å². The van der Waals surface area contributed by atoms with Crippen LogP contribution >= 0.6 is 0 Å². The highest BCUT2D eigenvalue weighted by Crippen LogP contribution is 2.37. The van der Waals surface area contributed by atoms with Crippen LogP contribution in [0.25, 0.3) is 10.9 Å². The van der Waals surface area contributed by atoms with Crippen LogP contribution in [0.4, 0.5) is 11.5 Å². The van der Waals surface area contributed by atoms with E-state index in [9.17, 15) is 4.79 Å². The molecule has 8 heteroatoms. The summed E-state index contributed by atoms with van der Waals surface area (Å²) in [6.45, 7) is 2.08. The Labute approximate surface area is 221 Å². The Morgan fingerprint density at radius 2 is 1.50 bits per heavy atom. The molecule has 0 saturated carbocycles. The topological polar surface area (TPSA) is 109 Å². The van der Waals surface area contributed by atoms with Gasteiger partial charge in [-0.05, 0) is 55.5 Å². The molecular formula is C30H28N4O4. The third-order valence-corrected chi connectivity index (χ3v) is 5.57. The molecule has 0 atom stereocenters. The summed E-state index contributed by atoms with van der Waals surface area (Å²) >= 11 is 0. The molecule has 8 nitrogen and oxygen atoms in total. The van der Waals surface area contributed by atoms with Crippen molar-refractivity contribution in [1.82, 2.24) is 9.97 Å². The number of carbonyl (C=O) groups is 1. The van der Waals surface area contributed by atoms with Gasteiger partial charge in [0.15, 0.2) is 11.5 Å². The fraction of sp³-hybridized carbons (Fsp3) is 0.100. The zero-order valence-corrected chi connectivity index (χ0v) is 21.3. The monoisotopic (exact) mass is 508 g/mol. The molecule has 0 aliphatic rings. The Balaban J connectivity index is 0.000000417. The van der Waals surface area contributed by atoms with Crippen molar-refractivity contribution in [2.45, 2.75) is 6.92 Å². The fourth-order valence-corrected chi connectivity index (χ4v) is 3.64. The quantitative estimate of drug-likeness (QED) is 0.266. The van der Waals surface area contributed by atoms with Crippen molar-refractivity contribution in [2.75, 3.05) is 19.5 Å². The zero-order chi connectivity index (χ0) is 26.9. The van der Waals surface area contributed by atoms with Gasteiger partial charge in [-0.2, -0.15) is 0 Å². The number of ether oxygens (including phenoxy) is 3. The van der Waals surface area contributed by atoms with Crippen LogP contribution in [0.15, 0.2) is 97.3 Å². The molecule has 0 saturated heterocycles. The lowest BCUT2D eigenvalue weighted by Gasteiger charge is -2.13. The van der Waals surface area contributed by atoms with E-state index in [0.29, 0.717) is 34.4 Å². The fourth-order valence-electron chi connectivity index (χ4n) is 3.64. The lowest BCUT2D eigenvalue weighted by molar-refractivity contribution is 0.100. The Hall–Kier alpha value is -5.11. The van der Waals surface area contributed by atoms with Crippen LogP contribution in [-0.2, 0) is 0 Å². The van der Waals surface area contributed by atoms with Gasteiger partial charge in [0.25, 0.3) is 5.91 Å². The first-order valence-electron chi connectivity index (χ1n) is 11.8. The summed E-state index contributed by atoms with van der Waals surface area (Å²) in [7, 11) is 3.16. The molecule has 0 radical (unpaired) electrons. The molecule has 3 N–H and O–H groups in total. The summed E-state index contributed by atoms with van der Waals surface area (Å²) in [6.07, 6.45) is 3.26. The molecule has 0 bridgehead atoms. The van der Waals surface area contributed by atoms with Gasteiger partial charge in [-0.3, -0.25) is 9.78 Å². The van der Waals surface area contributed by atoms with Crippen LogP contribution in [0.2, 0.25) is 0 Å². The maximum atomic E-state index is 11.6. The van der Waals surface area contributed by atoms with Gasteiger partial charge >= 0.3 is 0 Å². The number of amides is 1. The van der Waals surface area contributed by atoms with Gasteiger partial charge in [0, 0.05) is 29.5 Å². The molecule has 5 aromatic rings. The summed E-state index contributed by atoms with van der Waals surface area (Å²) < 4.78 is 16.8. The van der Waals surface area contributed by atoms with Gasteiger partial charge in [0.1, 0.15) is 17.3 Å². The van der Waals surface area contributed by atoms with Crippen molar-refractivity contribution in [3.63, 3.8) is 0 Å². The van der Waals surface area contributed by atoms with E-state index in [1.807, 2.05) is 48.5 Å². The second-order valence-electron chi connectivity index (χ2n) is 8.20. The van der Waals surface area contributed by atoms with Crippen molar-refractivity contribution in [2.24, 2.45) is 5.73 Å². The first-order chi connectivity index (χ1) is 18.5. The van der Waals surface area contributed by atoms with Crippen molar-refractivity contribution >= 4 is 28.3 Å². The highest BCUT2D eigenvalue weighted by molar-refractivity contribution is 5.98. The highest BCUT2D eigenvalue weighted by atomic mass is 16.5. The molecule has 5 rings (SSSR count).